The number of thioether (sulfide) groups is 1. The molecule has 4 atom stereocenters. The summed E-state index contributed by atoms with van der Waals surface area (Å²) in [4.78, 5) is 9.06. The van der Waals surface area contributed by atoms with Gasteiger partial charge in [0.05, 0.1) is 17.5 Å². The molecule has 0 bridgehead atoms. The van der Waals surface area contributed by atoms with Crippen molar-refractivity contribution >= 4 is 41.8 Å². The van der Waals surface area contributed by atoms with E-state index in [9.17, 15) is 10.2 Å². The highest BCUT2D eigenvalue weighted by molar-refractivity contribution is 7.98. The molecule has 2 aromatic rings. The third-order valence-corrected chi connectivity index (χ3v) is 7.07. The molecule has 0 saturated carbocycles. The van der Waals surface area contributed by atoms with Gasteiger partial charge in [0, 0.05) is 6.20 Å². The first-order valence-corrected chi connectivity index (χ1v) is 13.3. The molecule has 150 valence electrons. The summed E-state index contributed by atoms with van der Waals surface area (Å²) in [6, 6.07) is 1.71. The first-order chi connectivity index (χ1) is 12.7. The molecule has 3 rings (SSSR count). The molecule has 1 aliphatic heterocycles. The van der Waals surface area contributed by atoms with Crippen LogP contribution in [0.1, 0.15) is 25.4 Å². The molecule has 27 heavy (non-hydrogen) atoms. The quantitative estimate of drug-likeness (QED) is 0.597. The van der Waals surface area contributed by atoms with Gasteiger partial charge in [-0.3, -0.25) is 4.57 Å². The minimum atomic E-state index is -1.24. The number of fused-ring (bicyclic) bond motifs is 1. The van der Waals surface area contributed by atoms with Crippen LogP contribution in [0.15, 0.2) is 12.3 Å². The molecule has 0 spiro atoms. The van der Waals surface area contributed by atoms with E-state index in [1.54, 1.807) is 28.6 Å². The molecule has 0 unspecified atom stereocenters. The molecule has 2 aromatic heterocycles. The molecule has 0 aromatic carbocycles. The van der Waals surface area contributed by atoms with Crippen molar-refractivity contribution in [2.24, 2.45) is 0 Å². The number of hydrogen-bond acceptors (Lipinski definition) is 7. The minimum Gasteiger partial charge on any atom is -0.397 e. The van der Waals surface area contributed by atoms with Gasteiger partial charge in [-0.25, -0.2) is 9.97 Å². The first kappa shape index (κ1) is 20.7. The number of anilines is 1. The van der Waals surface area contributed by atoms with Gasteiger partial charge in [0.25, 0.3) is 0 Å². The molecule has 1 saturated heterocycles. The highest BCUT2D eigenvalue weighted by Gasteiger charge is 2.44. The second kappa shape index (κ2) is 8.13. The van der Waals surface area contributed by atoms with Gasteiger partial charge in [-0.15, -0.1) is 13.2 Å². The lowest BCUT2D eigenvalue weighted by molar-refractivity contribution is -0.0364. The lowest BCUT2D eigenvalue weighted by Crippen LogP contribution is -2.32. The molecule has 4 N–H and O–H groups in total. The smallest absolute Gasteiger partial charge is 0.166 e. The predicted octanol–water partition coefficient (Wildman–Crippen LogP) is 1.99. The first-order valence-electron chi connectivity index (χ1n) is 9.11. The average Bonchev–Trinajstić information content (AvgIpc) is 3.10. The Bertz CT molecular complexity index is 852. The maximum absolute atomic E-state index is 10.7. The topological polar surface area (TPSA) is 106 Å². The van der Waals surface area contributed by atoms with Crippen LogP contribution in [0.5, 0.6) is 0 Å². The van der Waals surface area contributed by atoms with Crippen molar-refractivity contribution in [1.29, 1.82) is 0 Å². The third-order valence-electron chi connectivity index (χ3n) is 4.73. The van der Waals surface area contributed by atoms with E-state index < -0.39 is 31.4 Å². The average molecular weight is 412 g/mol. The van der Waals surface area contributed by atoms with Crippen LogP contribution in [0, 0.1) is 0 Å². The molecular weight excluding hydrogens is 383 g/mol. The van der Waals surface area contributed by atoms with Crippen LogP contribution in [-0.4, -0.2) is 74.6 Å². The zero-order valence-electron chi connectivity index (χ0n) is 16.1. The number of nitrogens with two attached hydrogens (primary N) is 1. The Morgan fingerprint density at radius 3 is 2.78 bits per heavy atom. The lowest BCUT2D eigenvalue weighted by Gasteiger charge is -2.20. The maximum Gasteiger partial charge on any atom is 0.166 e. The SMILES string of the molecule is C=P(C)(C)CC[C@H]1O[C@@H](n2c(CSCC)nc3c(N)ccnc32)[C@H](O)[C@@H]1O. The number of aliphatic hydroxyl groups is 2. The van der Waals surface area contributed by atoms with E-state index in [0.29, 0.717) is 29.0 Å². The molecule has 0 radical (unpaired) electrons. The third kappa shape index (κ3) is 4.35. The number of aromatic nitrogens is 3. The normalized spacial score (nSPS) is 26.1. The van der Waals surface area contributed by atoms with E-state index >= 15 is 0 Å². The van der Waals surface area contributed by atoms with E-state index in [4.69, 9.17) is 10.5 Å². The fraction of sp³-hybridized carbons (Fsp3) is 0.611. The fourth-order valence-corrected chi connectivity index (χ4v) is 4.82. The van der Waals surface area contributed by atoms with Crippen LogP contribution in [0.4, 0.5) is 5.69 Å². The fourth-order valence-electron chi connectivity index (χ4n) is 3.27. The van der Waals surface area contributed by atoms with E-state index in [1.807, 2.05) is 0 Å². The summed E-state index contributed by atoms with van der Waals surface area (Å²) in [5.74, 6) is 2.33. The summed E-state index contributed by atoms with van der Waals surface area (Å²) < 4.78 is 7.92. The van der Waals surface area contributed by atoms with E-state index in [0.717, 1.165) is 17.7 Å². The van der Waals surface area contributed by atoms with Gasteiger partial charge in [-0.05, 0) is 37.7 Å². The Kier molecular flexibility index (Phi) is 6.23. The van der Waals surface area contributed by atoms with Crippen molar-refractivity contribution in [2.75, 3.05) is 31.0 Å². The van der Waals surface area contributed by atoms with Crippen LogP contribution in [-0.2, 0) is 10.5 Å². The Morgan fingerprint density at radius 2 is 2.11 bits per heavy atom. The van der Waals surface area contributed by atoms with E-state index in [1.165, 1.54) is 0 Å². The van der Waals surface area contributed by atoms with Gasteiger partial charge >= 0.3 is 0 Å². The summed E-state index contributed by atoms with van der Waals surface area (Å²) in [6.45, 7) is 5.14. The van der Waals surface area contributed by atoms with Gasteiger partial charge in [0.1, 0.15) is 23.5 Å². The van der Waals surface area contributed by atoms with Crippen LogP contribution in [0.2, 0.25) is 0 Å². The molecule has 0 aliphatic carbocycles. The van der Waals surface area contributed by atoms with Crippen molar-refractivity contribution in [1.82, 2.24) is 14.5 Å². The number of pyridine rings is 1. The van der Waals surface area contributed by atoms with Gasteiger partial charge in [0.2, 0.25) is 0 Å². The van der Waals surface area contributed by atoms with Crippen LogP contribution in [0.3, 0.4) is 0 Å². The lowest BCUT2D eigenvalue weighted by atomic mass is 10.1. The second-order valence-corrected chi connectivity index (χ2v) is 13.2. The Morgan fingerprint density at radius 1 is 1.37 bits per heavy atom. The second-order valence-electron chi connectivity index (χ2n) is 7.60. The zero-order valence-corrected chi connectivity index (χ0v) is 17.8. The molecule has 3 heterocycles. The van der Waals surface area contributed by atoms with E-state index in [2.05, 4.69) is 36.5 Å². The van der Waals surface area contributed by atoms with Gasteiger partial charge in [-0.1, -0.05) is 6.92 Å². The molecule has 1 fully saturated rings. The van der Waals surface area contributed by atoms with Crippen molar-refractivity contribution in [3.63, 3.8) is 0 Å². The van der Waals surface area contributed by atoms with Gasteiger partial charge < -0.3 is 20.7 Å². The number of imidazole rings is 1. The molecular formula is C18H29N4O3PS. The summed E-state index contributed by atoms with van der Waals surface area (Å²) in [5.41, 5.74) is 7.78. The summed E-state index contributed by atoms with van der Waals surface area (Å²) in [5, 5.41) is 21.3. The Labute approximate surface area is 164 Å². The number of nitrogen functional groups attached to an aromatic ring is 1. The van der Waals surface area contributed by atoms with Crippen LogP contribution >= 0.6 is 18.6 Å². The summed E-state index contributed by atoms with van der Waals surface area (Å²) in [6.07, 6.45) is 4.23. The van der Waals surface area contributed by atoms with Crippen molar-refractivity contribution in [2.45, 2.75) is 43.6 Å². The largest absolute Gasteiger partial charge is 0.397 e. The molecule has 1 aliphatic rings. The highest BCUT2D eigenvalue weighted by Crippen LogP contribution is 2.40. The van der Waals surface area contributed by atoms with Gasteiger partial charge in [0.15, 0.2) is 11.9 Å². The van der Waals surface area contributed by atoms with Crippen LogP contribution in [0.25, 0.3) is 11.2 Å². The van der Waals surface area contributed by atoms with Crippen molar-refractivity contribution in [3.8, 4) is 0 Å². The van der Waals surface area contributed by atoms with Crippen LogP contribution < -0.4 is 5.73 Å². The molecule has 9 heteroatoms. The number of ether oxygens (including phenoxy) is 1. The highest BCUT2D eigenvalue weighted by atomic mass is 32.2. The standard InChI is InChI=1S/C18H29N4O3PS/c1-5-27-10-13-21-14-11(19)6-8-20-17(14)22(13)18-16(24)15(23)12(25-18)7-9-26(2,3)4/h6,8,12,15-16,18,23-24H,2,5,7,9-10H2,1,3-4H3,(H2,19,20)/t12-,15-,16-,18-/m1/s1. The Hall–Kier alpha value is -1.05. The number of rotatable bonds is 7. The minimum absolute atomic E-state index is 0.434. The van der Waals surface area contributed by atoms with Crippen molar-refractivity contribution in [3.05, 3.63) is 18.1 Å². The zero-order chi connectivity index (χ0) is 19.8. The molecule has 0 amide bonds. The summed E-state index contributed by atoms with van der Waals surface area (Å²) >= 11 is 1.72. The van der Waals surface area contributed by atoms with Gasteiger partial charge in [-0.2, -0.15) is 11.8 Å². The molecule has 7 nitrogen and oxygen atoms in total. The maximum atomic E-state index is 10.7. The van der Waals surface area contributed by atoms with E-state index in [-0.39, 0.29) is 0 Å². The number of aliphatic hydroxyl groups excluding tert-OH is 2. The predicted molar refractivity (Wildman–Crippen MR) is 115 cm³/mol. The number of hydrogen-bond donors (Lipinski definition) is 3. The summed E-state index contributed by atoms with van der Waals surface area (Å²) in [7, 11) is 0. The van der Waals surface area contributed by atoms with Crippen molar-refractivity contribution < 1.29 is 14.9 Å². The monoisotopic (exact) mass is 412 g/mol. The Balaban J connectivity index is 1.95. The number of nitrogens with zero attached hydrogens (tertiary/aromatic N) is 3.